The number of carbonyl (C=O) groups excluding carboxylic acids is 1. The molecule has 1 unspecified atom stereocenters. The number of amides is 2. The van der Waals surface area contributed by atoms with Gasteiger partial charge in [-0.15, -0.1) is 0 Å². The molecule has 2 aliphatic rings. The first-order valence-electron chi connectivity index (χ1n) is 9.58. The van der Waals surface area contributed by atoms with Crippen molar-refractivity contribution in [3.63, 3.8) is 0 Å². The van der Waals surface area contributed by atoms with Crippen LogP contribution in [-0.2, 0) is 6.54 Å². The van der Waals surface area contributed by atoms with Gasteiger partial charge in [-0.2, -0.15) is 0 Å². The van der Waals surface area contributed by atoms with Gasteiger partial charge in [-0.1, -0.05) is 12.5 Å². The fourth-order valence-electron chi connectivity index (χ4n) is 3.96. The van der Waals surface area contributed by atoms with Gasteiger partial charge in [-0.25, -0.2) is 4.79 Å². The zero-order valence-corrected chi connectivity index (χ0v) is 15.2. The summed E-state index contributed by atoms with van der Waals surface area (Å²) in [5.41, 5.74) is 0.984. The van der Waals surface area contributed by atoms with Gasteiger partial charge < -0.3 is 14.8 Å². The Kier molecular flexibility index (Phi) is 6.13. The normalized spacial score (nSPS) is 21.5. The maximum absolute atomic E-state index is 12.3. The van der Waals surface area contributed by atoms with E-state index < -0.39 is 0 Å². The van der Waals surface area contributed by atoms with Crippen LogP contribution >= 0.6 is 0 Å². The van der Waals surface area contributed by atoms with Crippen molar-refractivity contribution in [3.05, 3.63) is 34.2 Å². The van der Waals surface area contributed by atoms with Crippen LogP contribution in [0.15, 0.2) is 23.0 Å². The zero-order chi connectivity index (χ0) is 17.6. The lowest BCUT2D eigenvalue weighted by Gasteiger charge is -2.32. The maximum Gasteiger partial charge on any atom is 0.317 e. The number of pyridine rings is 1. The van der Waals surface area contributed by atoms with Gasteiger partial charge in [0.25, 0.3) is 5.56 Å². The molecular weight excluding hydrogens is 316 g/mol. The molecule has 25 heavy (non-hydrogen) atoms. The second-order valence-electron chi connectivity index (χ2n) is 7.23. The molecule has 3 heterocycles. The summed E-state index contributed by atoms with van der Waals surface area (Å²) in [6.45, 7) is 7.25. The lowest BCUT2D eigenvalue weighted by molar-refractivity contribution is 0.161. The van der Waals surface area contributed by atoms with Gasteiger partial charge >= 0.3 is 6.03 Å². The second kappa shape index (κ2) is 8.52. The van der Waals surface area contributed by atoms with E-state index >= 15 is 0 Å². The van der Waals surface area contributed by atoms with Crippen LogP contribution in [0, 0.1) is 6.92 Å². The minimum absolute atomic E-state index is 0.0234. The number of likely N-dealkylation sites (tertiary alicyclic amines) is 2. The minimum Gasteiger partial charge on any atom is -0.338 e. The van der Waals surface area contributed by atoms with Crippen molar-refractivity contribution in [3.8, 4) is 0 Å². The highest BCUT2D eigenvalue weighted by Crippen LogP contribution is 2.20. The number of aromatic nitrogens is 1. The molecule has 0 radical (unpaired) electrons. The van der Waals surface area contributed by atoms with Gasteiger partial charge in [0.1, 0.15) is 0 Å². The van der Waals surface area contributed by atoms with Crippen molar-refractivity contribution in [2.75, 3.05) is 32.7 Å². The van der Waals surface area contributed by atoms with E-state index in [0.29, 0.717) is 19.1 Å². The highest BCUT2D eigenvalue weighted by atomic mass is 16.2. The summed E-state index contributed by atoms with van der Waals surface area (Å²) in [6, 6.07) is 5.87. The number of hydrogen-bond donors (Lipinski definition) is 1. The van der Waals surface area contributed by atoms with E-state index in [1.165, 1.54) is 32.4 Å². The van der Waals surface area contributed by atoms with Crippen molar-refractivity contribution in [2.24, 2.45) is 0 Å². The molecule has 0 bridgehead atoms. The van der Waals surface area contributed by atoms with Crippen molar-refractivity contribution in [1.82, 2.24) is 19.7 Å². The fourth-order valence-corrected chi connectivity index (χ4v) is 3.96. The SMILES string of the molecule is Cc1cccc(=O)n1CCCNC(=O)N1CCC(N2CCCCC2)C1. The molecule has 6 nitrogen and oxygen atoms in total. The molecule has 2 aliphatic heterocycles. The average Bonchev–Trinajstić information content (AvgIpc) is 3.11. The largest absolute Gasteiger partial charge is 0.338 e. The smallest absolute Gasteiger partial charge is 0.317 e. The van der Waals surface area contributed by atoms with Crippen LogP contribution in [0.5, 0.6) is 0 Å². The maximum atomic E-state index is 12.3. The van der Waals surface area contributed by atoms with E-state index in [-0.39, 0.29) is 11.6 Å². The fraction of sp³-hybridized carbons (Fsp3) is 0.684. The summed E-state index contributed by atoms with van der Waals surface area (Å²) < 4.78 is 1.76. The molecule has 0 saturated carbocycles. The van der Waals surface area contributed by atoms with E-state index in [9.17, 15) is 9.59 Å². The number of nitrogens with zero attached hydrogens (tertiary/aromatic N) is 3. The molecule has 1 N–H and O–H groups in total. The Hall–Kier alpha value is -1.82. The predicted molar refractivity (Wildman–Crippen MR) is 98.9 cm³/mol. The number of rotatable bonds is 5. The summed E-state index contributed by atoms with van der Waals surface area (Å²) in [7, 11) is 0. The molecule has 0 aromatic carbocycles. The lowest BCUT2D eigenvalue weighted by atomic mass is 10.1. The summed E-state index contributed by atoms with van der Waals surface area (Å²) in [6.07, 6.45) is 5.78. The van der Waals surface area contributed by atoms with Crippen LogP contribution < -0.4 is 10.9 Å². The standard InChI is InChI=1S/C19H30N4O2/c1-16-7-5-8-18(24)23(16)13-6-10-20-19(25)22-14-9-17(15-22)21-11-3-2-4-12-21/h5,7-8,17H,2-4,6,9-15H2,1H3,(H,20,25). The quantitative estimate of drug-likeness (QED) is 0.828. The number of nitrogens with one attached hydrogen (secondary N) is 1. The van der Waals surface area contributed by atoms with Crippen molar-refractivity contribution < 1.29 is 4.79 Å². The first-order chi connectivity index (χ1) is 12.1. The van der Waals surface area contributed by atoms with Gasteiger partial charge in [-0.3, -0.25) is 9.69 Å². The molecule has 1 aromatic rings. The average molecular weight is 346 g/mol. The van der Waals surface area contributed by atoms with Gasteiger partial charge in [0.15, 0.2) is 0 Å². The summed E-state index contributed by atoms with van der Waals surface area (Å²) in [5, 5.41) is 3.01. The third kappa shape index (κ3) is 4.63. The molecule has 2 fully saturated rings. The second-order valence-corrected chi connectivity index (χ2v) is 7.23. The number of piperidine rings is 1. The molecule has 2 saturated heterocycles. The van der Waals surface area contributed by atoms with Gasteiger partial charge in [0.05, 0.1) is 0 Å². The molecule has 1 atom stereocenters. The van der Waals surface area contributed by atoms with Crippen molar-refractivity contribution in [2.45, 2.75) is 51.6 Å². The van der Waals surface area contributed by atoms with E-state index in [1.807, 2.05) is 17.9 Å². The number of carbonyl (C=O) groups is 1. The number of urea groups is 1. The Morgan fingerprint density at radius 1 is 1.20 bits per heavy atom. The Balaban J connectivity index is 1.39. The lowest BCUT2D eigenvalue weighted by Crippen LogP contribution is -2.44. The highest BCUT2D eigenvalue weighted by Gasteiger charge is 2.30. The van der Waals surface area contributed by atoms with Gasteiger partial charge in [-0.05, 0) is 51.8 Å². The molecule has 138 valence electrons. The van der Waals surface area contributed by atoms with Gasteiger partial charge in [0, 0.05) is 44.0 Å². The highest BCUT2D eigenvalue weighted by molar-refractivity contribution is 5.74. The third-order valence-electron chi connectivity index (χ3n) is 5.46. The van der Waals surface area contributed by atoms with Crippen LogP contribution in [0.25, 0.3) is 0 Å². The van der Waals surface area contributed by atoms with Crippen LogP contribution in [0.1, 0.15) is 37.8 Å². The molecule has 0 aliphatic carbocycles. The van der Waals surface area contributed by atoms with E-state index in [1.54, 1.807) is 16.7 Å². The van der Waals surface area contributed by atoms with Crippen LogP contribution in [0.3, 0.4) is 0 Å². The summed E-state index contributed by atoms with van der Waals surface area (Å²) in [4.78, 5) is 28.7. The van der Waals surface area contributed by atoms with Crippen molar-refractivity contribution >= 4 is 6.03 Å². The first-order valence-corrected chi connectivity index (χ1v) is 9.58. The molecular formula is C19H30N4O2. The zero-order valence-electron chi connectivity index (χ0n) is 15.2. The molecule has 3 rings (SSSR count). The predicted octanol–water partition coefficient (Wildman–Crippen LogP) is 1.82. The van der Waals surface area contributed by atoms with Crippen molar-refractivity contribution in [1.29, 1.82) is 0 Å². The monoisotopic (exact) mass is 346 g/mol. The Morgan fingerprint density at radius 3 is 2.76 bits per heavy atom. The molecule has 6 heteroatoms. The molecule has 1 aromatic heterocycles. The van der Waals surface area contributed by atoms with E-state index in [2.05, 4.69) is 10.2 Å². The molecule has 2 amide bonds. The Morgan fingerprint density at radius 2 is 2.00 bits per heavy atom. The Bertz CT molecular complexity index is 637. The first kappa shape index (κ1) is 18.0. The van der Waals surface area contributed by atoms with Gasteiger partial charge in [0.2, 0.25) is 0 Å². The Labute approximate surface area is 149 Å². The third-order valence-corrected chi connectivity index (χ3v) is 5.46. The van der Waals surface area contributed by atoms with E-state index in [4.69, 9.17) is 0 Å². The van der Waals surface area contributed by atoms with Crippen LogP contribution in [0.2, 0.25) is 0 Å². The number of aryl methyl sites for hydroxylation is 1. The molecule has 0 spiro atoms. The number of hydrogen-bond acceptors (Lipinski definition) is 3. The summed E-state index contributed by atoms with van der Waals surface area (Å²) >= 11 is 0. The van der Waals surface area contributed by atoms with Crippen LogP contribution in [0.4, 0.5) is 4.79 Å². The van der Waals surface area contributed by atoms with Crippen LogP contribution in [-0.4, -0.2) is 59.2 Å². The summed E-state index contributed by atoms with van der Waals surface area (Å²) in [5.74, 6) is 0. The topological polar surface area (TPSA) is 57.6 Å². The van der Waals surface area contributed by atoms with E-state index in [0.717, 1.165) is 31.6 Å². The minimum atomic E-state index is 0.0234.